The fourth-order valence-corrected chi connectivity index (χ4v) is 4.66. The summed E-state index contributed by atoms with van der Waals surface area (Å²) in [5.41, 5.74) is -0.556. The normalized spacial score (nSPS) is 12.1. The first-order chi connectivity index (χ1) is 14.1. The summed E-state index contributed by atoms with van der Waals surface area (Å²) in [5, 5.41) is 7.88. The second-order valence-electron chi connectivity index (χ2n) is 7.93. The van der Waals surface area contributed by atoms with Crippen molar-refractivity contribution in [2.45, 2.75) is 44.3 Å². The van der Waals surface area contributed by atoms with Crippen LogP contribution in [0.3, 0.4) is 0 Å². The summed E-state index contributed by atoms with van der Waals surface area (Å²) in [7, 11) is -3.76. The molecule has 1 amide bonds. The number of hydrogen-bond donors (Lipinski definition) is 2. The third-order valence-electron chi connectivity index (χ3n) is 4.23. The van der Waals surface area contributed by atoms with E-state index < -0.39 is 21.5 Å². The highest BCUT2D eigenvalue weighted by Gasteiger charge is 2.24. The molecule has 0 aliphatic rings. The lowest BCUT2D eigenvalue weighted by Gasteiger charge is -2.21. The Morgan fingerprint density at radius 3 is 2.47 bits per heavy atom. The molecular formula is C21H24N4O4S. The molecule has 3 aromatic rings. The minimum Gasteiger partial charge on any atom is -0.350 e. The van der Waals surface area contributed by atoms with Crippen molar-refractivity contribution in [3.63, 3.8) is 0 Å². The predicted molar refractivity (Wildman–Crippen MR) is 114 cm³/mol. The fourth-order valence-electron chi connectivity index (χ4n) is 3.00. The molecule has 0 atom stereocenters. The average Bonchev–Trinajstić information content (AvgIpc) is 2.67. The number of sulfonamides is 1. The van der Waals surface area contributed by atoms with Gasteiger partial charge in [0.1, 0.15) is 6.54 Å². The summed E-state index contributed by atoms with van der Waals surface area (Å²) in [5.74, 6) is -0.448. The fraction of sp³-hybridized carbons (Fsp3) is 0.286. The SMILES string of the molecule is CC(C)(C)NS(=O)(=O)c1ccccc1CNC(=O)Cn1ncc2ccccc2c1=O. The van der Waals surface area contributed by atoms with Crippen LogP contribution in [0, 0.1) is 0 Å². The first-order valence-electron chi connectivity index (χ1n) is 9.40. The van der Waals surface area contributed by atoms with Gasteiger partial charge in [-0.3, -0.25) is 9.59 Å². The van der Waals surface area contributed by atoms with Gasteiger partial charge in [-0.15, -0.1) is 0 Å². The van der Waals surface area contributed by atoms with E-state index in [-0.39, 0.29) is 23.5 Å². The van der Waals surface area contributed by atoms with Crippen molar-refractivity contribution < 1.29 is 13.2 Å². The zero-order chi connectivity index (χ0) is 21.9. The summed E-state index contributed by atoms with van der Waals surface area (Å²) >= 11 is 0. The third-order valence-corrected chi connectivity index (χ3v) is 6.09. The Bertz CT molecular complexity index is 1240. The number of carbonyl (C=O) groups excluding carboxylic acids is 1. The first-order valence-corrected chi connectivity index (χ1v) is 10.9. The van der Waals surface area contributed by atoms with E-state index in [4.69, 9.17) is 0 Å². The maximum absolute atomic E-state index is 12.7. The van der Waals surface area contributed by atoms with E-state index >= 15 is 0 Å². The number of amides is 1. The molecule has 0 radical (unpaired) electrons. The van der Waals surface area contributed by atoms with Gasteiger partial charge in [0.2, 0.25) is 15.9 Å². The summed E-state index contributed by atoms with van der Waals surface area (Å²) in [4.78, 5) is 25.0. The minimum absolute atomic E-state index is 0.00237. The van der Waals surface area contributed by atoms with Crippen LogP contribution < -0.4 is 15.6 Å². The van der Waals surface area contributed by atoms with Gasteiger partial charge < -0.3 is 5.32 Å². The largest absolute Gasteiger partial charge is 0.350 e. The number of nitrogens with zero attached hydrogens (tertiary/aromatic N) is 2. The van der Waals surface area contributed by atoms with E-state index in [2.05, 4.69) is 15.1 Å². The molecule has 30 heavy (non-hydrogen) atoms. The lowest BCUT2D eigenvalue weighted by Crippen LogP contribution is -2.41. The standard InChI is InChI=1S/C21H24N4O4S/c1-21(2,3)24-30(28,29)18-11-7-5-9-16(18)12-22-19(26)14-25-20(27)17-10-6-4-8-15(17)13-23-25/h4-11,13,24H,12,14H2,1-3H3,(H,22,26). The van der Waals surface area contributed by atoms with Gasteiger partial charge in [-0.1, -0.05) is 36.4 Å². The maximum atomic E-state index is 12.7. The van der Waals surface area contributed by atoms with Gasteiger partial charge in [-0.25, -0.2) is 17.8 Å². The maximum Gasteiger partial charge on any atom is 0.275 e. The smallest absolute Gasteiger partial charge is 0.275 e. The lowest BCUT2D eigenvalue weighted by molar-refractivity contribution is -0.122. The summed E-state index contributed by atoms with van der Waals surface area (Å²) in [6.45, 7) is 5.00. The molecule has 3 rings (SSSR count). The van der Waals surface area contributed by atoms with Gasteiger partial charge in [-0.05, 0) is 38.5 Å². The summed E-state index contributed by atoms with van der Waals surface area (Å²) in [6.07, 6.45) is 1.53. The number of carbonyl (C=O) groups is 1. The van der Waals surface area contributed by atoms with Crippen LogP contribution in [0.1, 0.15) is 26.3 Å². The Hall–Kier alpha value is -3.04. The monoisotopic (exact) mass is 428 g/mol. The molecule has 0 aliphatic carbocycles. The molecule has 8 nitrogen and oxygen atoms in total. The molecular weight excluding hydrogens is 404 g/mol. The van der Waals surface area contributed by atoms with Gasteiger partial charge >= 0.3 is 0 Å². The highest BCUT2D eigenvalue weighted by molar-refractivity contribution is 7.89. The Kier molecular flexibility index (Phi) is 6.04. The topological polar surface area (TPSA) is 110 Å². The molecule has 0 bridgehead atoms. The van der Waals surface area contributed by atoms with Crippen molar-refractivity contribution in [1.29, 1.82) is 0 Å². The minimum atomic E-state index is -3.76. The van der Waals surface area contributed by atoms with Gasteiger partial charge in [0, 0.05) is 17.5 Å². The van der Waals surface area contributed by atoms with Crippen molar-refractivity contribution in [2.24, 2.45) is 0 Å². The number of benzene rings is 2. The average molecular weight is 429 g/mol. The van der Waals surface area contributed by atoms with Crippen LogP contribution in [-0.2, 0) is 27.9 Å². The van der Waals surface area contributed by atoms with E-state index in [1.807, 2.05) is 0 Å². The van der Waals surface area contributed by atoms with Crippen LogP contribution in [0.15, 0.2) is 64.4 Å². The number of aromatic nitrogens is 2. The molecule has 1 aromatic heterocycles. The van der Waals surface area contributed by atoms with Crippen molar-refractivity contribution in [1.82, 2.24) is 19.8 Å². The zero-order valence-corrected chi connectivity index (χ0v) is 17.9. The number of nitrogens with one attached hydrogen (secondary N) is 2. The Morgan fingerprint density at radius 2 is 1.73 bits per heavy atom. The van der Waals surface area contributed by atoms with Crippen LogP contribution in [0.5, 0.6) is 0 Å². The van der Waals surface area contributed by atoms with Crippen LogP contribution >= 0.6 is 0 Å². The predicted octanol–water partition coefficient (Wildman–Crippen LogP) is 1.79. The van der Waals surface area contributed by atoms with Gasteiger partial charge in [-0.2, -0.15) is 5.10 Å². The Morgan fingerprint density at radius 1 is 1.07 bits per heavy atom. The molecule has 2 N–H and O–H groups in total. The molecule has 0 fully saturated rings. The van der Waals surface area contributed by atoms with Crippen LogP contribution in [0.25, 0.3) is 10.8 Å². The molecule has 158 valence electrons. The van der Waals surface area contributed by atoms with Crippen molar-refractivity contribution in [2.75, 3.05) is 0 Å². The molecule has 0 unspecified atom stereocenters. The van der Waals surface area contributed by atoms with Crippen molar-refractivity contribution in [3.05, 3.63) is 70.6 Å². The van der Waals surface area contributed by atoms with Crippen molar-refractivity contribution >= 4 is 26.7 Å². The lowest BCUT2D eigenvalue weighted by atomic mass is 10.1. The quantitative estimate of drug-likeness (QED) is 0.622. The number of rotatable bonds is 6. The molecule has 0 saturated carbocycles. The zero-order valence-electron chi connectivity index (χ0n) is 17.0. The van der Waals surface area contributed by atoms with Crippen LogP contribution in [0.4, 0.5) is 0 Å². The third kappa shape index (κ3) is 5.11. The Balaban J connectivity index is 1.75. The van der Waals surface area contributed by atoms with Crippen LogP contribution in [-0.4, -0.2) is 29.6 Å². The van der Waals surface area contributed by atoms with Gasteiger partial charge in [0.15, 0.2) is 0 Å². The Labute approximate surface area is 175 Å². The number of fused-ring (bicyclic) bond motifs is 1. The van der Waals surface area contributed by atoms with E-state index in [0.29, 0.717) is 16.3 Å². The van der Waals surface area contributed by atoms with Gasteiger partial charge in [0.25, 0.3) is 5.56 Å². The molecule has 9 heteroatoms. The second kappa shape index (κ2) is 8.37. The highest BCUT2D eigenvalue weighted by Crippen LogP contribution is 2.17. The van der Waals surface area contributed by atoms with Gasteiger partial charge in [0.05, 0.1) is 16.5 Å². The van der Waals surface area contributed by atoms with Crippen LogP contribution in [0.2, 0.25) is 0 Å². The summed E-state index contributed by atoms with van der Waals surface area (Å²) < 4.78 is 29.1. The summed E-state index contributed by atoms with van der Waals surface area (Å²) in [6, 6.07) is 13.5. The first kappa shape index (κ1) is 21.7. The second-order valence-corrected chi connectivity index (χ2v) is 9.59. The molecule has 2 aromatic carbocycles. The molecule has 0 spiro atoms. The number of hydrogen-bond acceptors (Lipinski definition) is 5. The van der Waals surface area contributed by atoms with E-state index in [0.717, 1.165) is 4.68 Å². The molecule has 0 aliphatic heterocycles. The van der Waals surface area contributed by atoms with E-state index in [9.17, 15) is 18.0 Å². The van der Waals surface area contributed by atoms with E-state index in [1.54, 1.807) is 63.2 Å². The highest BCUT2D eigenvalue weighted by atomic mass is 32.2. The van der Waals surface area contributed by atoms with Crippen molar-refractivity contribution in [3.8, 4) is 0 Å². The van der Waals surface area contributed by atoms with E-state index in [1.165, 1.54) is 12.3 Å². The molecule has 0 saturated heterocycles. The molecule has 1 heterocycles.